The number of hydrogen-bond acceptors (Lipinski definition) is 5. The lowest BCUT2D eigenvalue weighted by Crippen LogP contribution is -2.29. The number of guanidine groups is 1. The number of rotatable bonds is 6. The first-order chi connectivity index (χ1) is 13.4. The van der Waals surface area contributed by atoms with Gasteiger partial charge in [-0.1, -0.05) is 54.5 Å². The molecule has 0 saturated heterocycles. The van der Waals surface area contributed by atoms with Crippen molar-refractivity contribution in [3.8, 4) is 11.1 Å². The molecule has 2 aromatic carbocycles. The van der Waals surface area contributed by atoms with Gasteiger partial charge >= 0.3 is 0 Å². The summed E-state index contributed by atoms with van der Waals surface area (Å²) in [6.07, 6.45) is 0. The number of aliphatic imine (C=N–C) groups is 1. The van der Waals surface area contributed by atoms with Crippen LogP contribution in [0.25, 0.3) is 11.1 Å². The molecule has 0 radical (unpaired) electrons. The van der Waals surface area contributed by atoms with Crippen molar-refractivity contribution in [3.05, 3.63) is 71.7 Å². The lowest BCUT2D eigenvalue weighted by molar-refractivity contribution is -0.303. The Morgan fingerprint density at radius 3 is 2.68 bits per heavy atom. The number of carboxylic acids is 1. The number of carboxylic acid groups (broad SMARTS) is 1. The predicted octanol–water partition coefficient (Wildman–Crippen LogP) is 2.11. The first-order valence-electron chi connectivity index (χ1n) is 8.52. The zero-order chi connectivity index (χ0) is 20.1. The first kappa shape index (κ1) is 19.1. The smallest absolute Gasteiger partial charge is 0.231 e. The molecule has 0 amide bonds. The Bertz CT molecular complexity index is 999. The molecule has 8 heteroatoms. The van der Waals surface area contributed by atoms with Crippen LogP contribution in [0.3, 0.4) is 0 Å². The third-order valence-electron chi connectivity index (χ3n) is 4.20. The van der Waals surface area contributed by atoms with Gasteiger partial charge < -0.3 is 20.2 Å². The summed E-state index contributed by atoms with van der Waals surface area (Å²) in [6, 6.07) is 15.8. The van der Waals surface area contributed by atoms with E-state index in [4.69, 9.17) is 10.3 Å². The molecular formula is C20H18FN4O3-. The fourth-order valence-corrected chi connectivity index (χ4v) is 2.68. The summed E-state index contributed by atoms with van der Waals surface area (Å²) in [5.74, 6) is -1.57. The lowest BCUT2D eigenvalue weighted by atomic mass is 9.95. The van der Waals surface area contributed by atoms with E-state index in [1.165, 1.54) is 6.07 Å². The number of carbonyl (C=O) groups is 1. The van der Waals surface area contributed by atoms with Crippen LogP contribution in [-0.2, 0) is 4.79 Å². The van der Waals surface area contributed by atoms with Gasteiger partial charge in [0.25, 0.3) is 0 Å². The molecule has 1 aromatic heterocycles. The molecule has 3 N–H and O–H groups in total. The molecule has 144 valence electrons. The Morgan fingerprint density at radius 2 is 2.00 bits per heavy atom. The number of nitrogens with two attached hydrogens (primary N) is 1. The molecule has 0 aliphatic heterocycles. The molecule has 0 spiro atoms. The van der Waals surface area contributed by atoms with Gasteiger partial charge in [0.15, 0.2) is 5.96 Å². The molecule has 0 fully saturated rings. The zero-order valence-electron chi connectivity index (χ0n) is 15.1. The Balaban J connectivity index is 1.72. The number of benzene rings is 2. The Hall–Kier alpha value is -3.68. The summed E-state index contributed by atoms with van der Waals surface area (Å²) in [5.41, 5.74) is 8.51. The van der Waals surface area contributed by atoms with Crippen molar-refractivity contribution in [1.29, 1.82) is 0 Å². The van der Waals surface area contributed by atoms with Gasteiger partial charge in [0, 0.05) is 17.5 Å². The monoisotopic (exact) mass is 381 g/mol. The van der Waals surface area contributed by atoms with Crippen LogP contribution in [0.15, 0.2) is 64.1 Å². The standard InChI is InChI=1S/C20H19FN4O3/c1-12(17-10-18(28-25-17)24-20(22)23-11-19(26)27)13-6-8-14(9-7-13)15-4-2-3-5-16(15)21/h2-10,12H,11H2,1H3,(H,26,27)(H3,22,23,24)/p-1. The Morgan fingerprint density at radius 1 is 1.29 bits per heavy atom. The maximum absolute atomic E-state index is 13.9. The molecule has 0 aliphatic carbocycles. The van der Waals surface area contributed by atoms with Crippen molar-refractivity contribution in [2.24, 2.45) is 10.7 Å². The number of carbonyl (C=O) groups excluding carboxylic acids is 1. The molecule has 0 aliphatic rings. The SMILES string of the molecule is CC(c1ccc(-c2ccccc2F)cc1)c1cc(NC(N)=NCC(=O)[O-])on1. The highest BCUT2D eigenvalue weighted by atomic mass is 19.1. The minimum Gasteiger partial charge on any atom is -0.548 e. The number of anilines is 1. The average molecular weight is 381 g/mol. The molecule has 0 bridgehead atoms. The van der Waals surface area contributed by atoms with Gasteiger partial charge in [-0.15, -0.1) is 0 Å². The van der Waals surface area contributed by atoms with Crippen LogP contribution in [0.2, 0.25) is 0 Å². The van der Waals surface area contributed by atoms with Gasteiger partial charge in [0.2, 0.25) is 5.88 Å². The van der Waals surface area contributed by atoms with Crippen LogP contribution in [0.1, 0.15) is 24.1 Å². The summed E-state index contributed by atoms with van der Waals surface area (Å²) in [5, 5.41) is 17.0. The Kier molecular flexibility index (Phi) is 5.69. The van der Waals surface area contributed by atoms with Crippen molar-refractivity contribution in [1.82, 2.24) is 5.16 Å². The number of halogens is 1. The van der Waals surface area contributed by atoms with Crippen LogP contribution in [-0.4, -0.2) is 23.6 Å². The summed E-state index contributed by atoms with van der Waals surface area (Å²) < 4.78 is 19.1. The predicted molar refractivity (Wildman–Crippen MR) is 101 cm³/mol. The summed E-state index contributed by atoms with van der Waals surface area (Å²) in [7, 11) is 0. The molecule has 3 rings (SSSR count). The second-order valence-corrected chi connectivity index (χ2v) is 6.14. The molecule has 1 unspecified atom stereocenters. The highest BCUT2D eigenvalue weighted by molar-refractivity contribution is 5.92. The lowest BCUT2D eigenvalue weighted by Gasteiger charge is -2.10. The molecule has 0 saturated carbocycles. The maximum atomic E-state index is 13.9. The highest BCUT2D eigenvalue weighted by Gasteiger charge is 2.15. The highest BCUT2D eigenvalue weighted by Crippen LogP contribution is 2.28. The largest absolute Gasteiger partial charge is 0.548 e. The number of nitrogens with one attached hydrogen (secondary N) is 1. The van der Waals surface area contributed by atoms with E-state index in [0.717, 1.165) is 11.1 Å². The molecule has 1 atom stereocenters. The van der Waals surface area contributed by atoms with Crippen LogP contribution < -0.4 is 16.2 Å². The second kappa shape index (κ2) is 8.34. The van der Waals surface area contributed by atoms with Gasteiger partial charge in [0.05, 0.1) is 18.2 Å². The van der Waals surface area contributed by atoms with Crippen LogP contribution in [0, 0.1) is 5.82 Å². The number of nitrogens with zero attached hydrogens (tertiary/aromatic N) is 2. The molecule has 1 heterocycles. The third kappa shape index (κ3) is 4.53. The van der Waals surface area contributed by atoms with Crippen molar-refractivity contribution in [2.45, 2.75) is 12.8 Å². The van der Waals surface area contributed by atoms with Gasteiger partial charge in [0.1, 0.15) is 5.82 Å². The van der Waals surface area contributed by atoms with Crippen molar-refractivity contribution >= 4 is 17.8 Å². The van der Waals surface area contributed by atoms with Gasteiger partial charge in [-0.3, -0.25) is 5.32 Å². The van der Waals surface area contributed by atoms with E-state index < -0.39 is 12.5 Å². The molecule has 28 heavy (non-hydrogen) atoms. The minimum atomic E-state index is -1.34. The zero-order valence-corrected chi connectivity index (χ0v) is 15.1. The fourth-order valence-electron chi connectivity index (χ4n) is 2.68. The van der Waals surface area contributed by atoms with Crippen molar-refractivity contribution < 1.29 is 18.8 Å². The minimum absolute atomic E-state index is 0.0876. The van der Waals surface area contributed by atoms with E-state index in [1.54, 1.807) is 24.3 Å². The van der Waals surface area contributed by atoms with Crippen LogP contribution in [0.4, 0.5) is 10.3 Å². The Labute approximate surface area is 160 Å². The summed E-state index contributed by atoms with van der Waals surface area (Å²) in [6.45, 7) is 1.40. The maximum Gasteiger partial charge on any atom is 0.231 e. The number of aliphatic carboxylic acids is 1. The van der Waals surface area contributed by atoms with Gasteiger partial charge in [-0.05, 0) is 17.2 Å². The van der Waals surface area contributed by atoms with Crippen LogP contribution >= 0.6 is 0 Å². The average Bonchev–Trinajstić information content (AvgIpc) is 3.15. The third-order valence-corrected chi connectivity index (χ3v) is 4.20. The van der Waals surface area contributed by atoms with Crippen LogP contribution in [0.5, 0.6) is 0 Å². The quantitative estimate of drug-likeness (QED) is 0.499. The topological polar surface area (TPSA) is 117 Å². The number of hydrogen-bond donors (Lipinski definition) is 2. The van der Waals surface area contributed by atoms with Crippen molar-refractivity contribution in [3.63, 3.8) is 0 Å². The van der Waals surface area contributed by atoms with Gasteiger partial charge in [-0.25, -0.2) is 9.38 Å². The summed E-state index contributed by atoms with van der Waals surface area (Å²) in [4.78, 5) is 14.0. The van der Waals surface area contributed by atoms with E-state index in [-0.39, 0.29) is 23.6 Å². The van der Waals surface area contributed by atoms with Gasteiger partial charge in [-0.2, -0.15) is 0 Å². The van der Waals surface area contributed by atoms with Crippen molar-refractivity contribution in [2.75, 3.05) is 11.9 Å². The molecular weight excluding hydrogens is 363 g/mol. The second-order valence-electron chi connectivity index (χ2n) is 6.14. The molecule has 3 aromatic rings. The molecule has 7 nitrogen and oxygen atoms in total. The van der Waals surface area contributed by atoms with E-state index >= 15 is 0 Å². The normalized spacial score (nSPS) is 12.6. The fraction of sp³-hybridized carbons (Fsp3) is 0.150. The van der Waals surface area contributed by atoms with E-state index in [0.29, 0.717) is 11.3 Å². The van der Waals surface area contributed by atoms with E-state index in [1.807, 2.05) is 31.2 Å². The first-order valence-corrected chi connectivity index (χ1v) is 8.52. The summed E-state index contributed by atoms with van der Waals surface area (Å²) >= 11 is 0. The van der Waals surface area contributed by atoms with E-state index in [9.17, 15) is 14.3 Å². The van der Waals surface area contributed by atoms with E-state index in [2.05, 4.69) is 15.5 Å². The number of aromatic nitrogens is 1.